The van der Waals surface area contributed by atoms with Crippen molar-refractivity contribution in [3.05, 3.63) is 51.3 Å². The summed E-state index contributed by atoms with van der Waals surface area (Å²) in [6.07, 6.45) is 0. The zero-order valence-electron chi connectivity index (χ0n) is 8.96. The van der Waals surface area contributed by atoms with Crippen molar-refractivity contribution in [2.24, 2.45) is 0 Å². The Kier molecular flexibility index (Phi) is 4.43. The van der Waals surface area contributed by atoms with Crippen molar-refractivity contribution in [2.75, 3.05) is 0 Å². The third kappa shape index (κ3) is 3.34. The highest BCUT2D eigenvalue weighted by Gasteiger charge is 2.06. The van der Waals surface area contributed by atoms with Gasteiger partial charge in [-0.1, -0.05) is 27.5 Å². The lowest BCUT2D eigenvalue weighted by Gasteiger charge is -2.07. The first-order valence-corrected chi connectivity index (χ1v) is 6.64. The molecule has 0 amide bonds. The van der Waals surface area contributed by atoms with Crippen LogP contribution in [0.1, 0.15) is 5.69 Å². The van der Waals surface area contributed by atoms with Crippen molar-refractivity contribution in [1.82, 2.24) is 4.98 Å². The van der Waals surface area contributed by atoms with Crippen LogP contribution < -0.4 is 4.74 Å². The van der Waals surface area contributed by atoms with Crippen molar-refractivity contribution >= 4 is 39.1 Å². The van der Waals surface area contributed by atoms with Crippen LogP contribution in [0.5, 0.6) is 11.6 Å². The zero-order chi connectivity index (χ0) is 13.1. The summed E-state index contributed by atoms with van der Waals surface area (Å²) in [6.45, 7) is 0. The van der Waals surface area contributed by atoms with E-state index in [1.807, 2.05) is 0 Å². The number of pyridine rings is 1. The Hall–Kier alpha value is -0.840. The molecule has 0 saturated carbocycles. The van der Waals surface area contributed by atoms with E-state index in [4.69, 9.17) is 27.9 Å². The first kappa shape index (κ1) is 13.6. The molecule has 0 N–H and O–H groups in total. The number of rotatable bonds is 3. The van der Waals surface area contributed by atoms with E-state index in [2.05, 4.69) is 20.9 Å². The molecule has 1 aromatic carbocycles. The minimum Gasteiger partial charge on any atom is -0.439 e. The molecular weight excluding hydrogens is 344 g/mol. The maximum absolute atomic E-state index is 13.2. The van der Waals surface area contributed by atoms with E-state index in [1.165, 1.54) is 12.1 Å². The largest absolute Gasteiger partial charge is 0.439 e. The van der Waals surface area contributed by atoms with Crippen LogP contribution in [-0.4, -0.2) is 4.98 Å². The monoisotopic (exact) mass is 349 g/mol. The number of nitrogens with zero attached hydrogens (tertiary/aromatic N) is 1. The molecule has 94 valence electrons. The van der Waals surface area contributed by atoms with Crippen molar-refractivity contribution in [3.63, 3.8) is 0 Å². The van der Waals surface area contributed by atoms with Gasteiger partial charge in [0.15, 0.2) is 0 Å². The van der Waals surface area contributed by atoms with E-state index in [0.29, 0.717) is 26.8 Å². The van der Waals surface area contributed by atoms with Crippen molar-refractivity contribution in [2.45, 2.75) is 5.88 Å². The predicted octanol–water partition coefficient (Wildman–Crippen LogP) is 5.17. The number of hydrogen-bond donors (Lipinski definition) is 0. The number of aromatic nitrogens is 1. The Morgan fingerprint density at radius 2 is 2.06 bits per heavy atom. The molecule has 0 radical (unpaired) electrons. The standard InChI is InChI=1S/C12H7BrCl2FNO/c13-7-3-8(16)5-9(4-7)18-12-2-1-10(15)11(6-14)17-12/h1-5H,6H2. The van der Waals surface area contributed by atoms with Crippen molar-refractivity contribution in [1.29, 1.82) is 0 Å². The molecular formula is C12H7BrCl2FNO. The average molecular weight is 351 g/mol. The van der Waals surface area contributed by atoms with Crippen LogP contribution in [0.3, 0.4) is 0 Å². The van der Waals surface area contributed by atoms with Gasteiger partial charge in [-0.05, 0) is 18.2 Å². The Morgan fingerprint density at radius 3 is 2.72 bits per heavy atom. The Balaban J connectivity index is 2.28. The number of alkyl halides is 1. The number of halogens is 4. The van der Waals surface area contributed by atoms with Gasteiger partial charge in [-0.15, -0.1) is 11.6 Å². The molecule has 0 unspecified atom stereocenters. The van der Waals surface area contributed by atoms with Crippen LogP contribution in [0.15, 0.2) is 34.8 Å². The van der Waals surface area contributed by atoms with Crippen LogP contribution >= 0.6 is 39.1 Å². The van der Waals surface area contributed by atoms with Crippen molar-refractivity contribution < 1.29 is 9.13 Å². The van der Waals surface area contributed by atoms with E-state index in [0.717, 1.165) is 0 Å². The van der Waals surface area contributed by atoms with E-state index < -0.39 is 5.82 Å². The molecule has 0 spiro atoms. The predicted molar refractivity (Wildman–Crippen MR) is 73.0 cm³/mol. The second kappa shape index (κ2) is 5.87. The van der Waals surface area contributed by atoms with Gasteiger partial charge in [0.2, 0.25) is 5.88 Å². The van der Waals surface area contributed by atoms with Gasteiger partial charge >= 0.3 is 0 Å². The highest BCUT2D eigenvalue weighted by atomic mass is 79.9. The molecule has 1 aromatic heterocycles. The summed E-state index contributed by atoms with van der Waals surface area (Å²) >= 11 is 14.8. The van der Waals surface area contributed by atoms with Gasteiger partial charge < -0.3 is 4.74 Å². The highest BCUT2D eigenvalue weighted by molar-refractivity contribution is 9.10. The van der Waals surface area contributed by atoms with Gasteiger partial charge in [0, 0.05) is 16.6 Å². The zero-order valence-corrected chi connectivity index (χ0v) is 12.1. The van der Waals surface area contributed by atoms with E-state index >= 15 is 0 Å². The quantitative estimate of drug-likeness (QED) is 0.712. The molecule has 1 heterocycles. The summed E-state index contributed by atoms with van der Waals surface area (Å²) in [5.41, 5.74) is 0.520. The van der Waals surface area contributed by atoms with E-state index in [9.17, 15) is 4.39 Å². The molecule has 6 heteroatoms. The van der Waals surface area contributed by atoms with Crippen molar-refractivity contribution in [3.8, 4) is 11.6 Å². The smallest absolute Gasteiger partial charge is 0.219 e. The lowest BCUT2D eigenvalue weighted by molar-refractivity contribution is 0.456. The summed E-state index contributed by atoms with van der Waals surface area (Å²) in [5.74, 6) is 0.443. The number of benzene rings is 1. The SMILES string of the molecule is Fc1cc(Br)cc(Oc2ccc(Cl)c(CCl)n2)c1. The molecule has 0 aliphatic carbocycles. The Bertz CT molecular complexity index is 560. The average Bonchev–Trinajstić information content (AvgIpc) is 2.30. The molecule has 0 aliphatic rings. The summed E-state index contributed by atoms with van der Waals surface area (Å²) in [7, 11) is 0. The number of ether oxygens (including phenoxy) is 1. The maximum Gasteiger partial charge on any atom is 0.219 e. The minimum atomic E-state index is -0.397. The van der Waals surface area contributed by atoms with Gasteiger partial charge in [0.25, 0.3) is 0 Å². The molecule has 0 bridgehead atoms. The molecule has 18 heavy (non-hydrogen) atoms. The maximum atomic E-state index is 13.2. The van der Waals surface area contributed by atoms with Gasteiger partial charge in [0.05, 0.1) is 16.6 Å². The van der Waals surface area contributed by atoms with E-state index in [-0.39, 0.29) is 5.88 Å². The second-order valence-electron chi connectivity index (χ2n) is 3.42. The minimum absolute atomic E-state index is 0.183. The van der Waals surface area contributed by atoms with Gasteiger partial charge in [-0.3, -0.25) is 0 Å². The van der Waals surface area contributed by atoms with Crippen LogP contribution in [0.25, 0.3) is 0 Å². The first-order chi connectivity index (χ1) is 8.58. The fraction of sp³-hybridized carbons (Fsp3) is 0.0833. The lowest BCUT2D eigenvalue weighted by Crippen LogP contribution is -1.93. The molecule has 2 aromatic rings. The first-order valence-electron chi connectivity index (χ1n) is 4.94. The third-order valence-corrected chi connectivity index (χ3v) is 3.13. The molecule has 2 rings (SSSR count). The summed E-state index contributed by atoms with van der Waals surface area (Å²) < 4.78 is 19.2. The van der Waals surface area contributed by atoms with Gasteiger partial charge in [0.1, 0.15) is 11.6 Å². The highest BCUT2D eigenvalue weighted by Crippen LogP contribution is 2.27. The second-order valence-corrected chi connectivity index (χ2v) is 5.01. The fourth-order valence-electron chi connectivity index (χ4n) is 1.32. The lowest BCUT2D eigenvalue weighted by atomic mass is 10.3. The van der Waals surface area contributed by atoms with Crippen LogP contribution in [-0.2, 0) is 5.88 Å². The molecule has 0 saturated heterocycles. The normalized spacial score (nSPS) is 10.4. The third-order valence-electron chi connectivity index (χ3n) is 2.08. The fourth-order valence-corrected chi connectivity index (χ4v) is 2.21. The Morgan fingerprint density at radius 1 is 1.28 bits per heavy atom. The van der Waals surface area contributed by atoms with Crippen LogP contribution in [0.2, 0.25) is 5.02 Å². The molecule has 2 nitrogen and oxygen atoms in total. The summed E-state index contributed by atoms with van der Waals surface area (Å²) in [5, 5.41) is 0.470. The van der Waals surface area contributed by atoms with Crippen LogP contribution in [0.4, 0.5) is 4.39 Å². The van der Waals surface area contributed by atoms with Gasteiger partial charge in [-0.25, -0.2) is 9.37 Å². The van der Waals surface area contributed by atoms with Gasteiger partial charge in [-0.2, -0.15) is 0 Å². The van der Waals surface area contributed by atoms with E-state index in [1.54, 1.807) is 18.2 Å². The summed E-state index contributed by atoms with van der Waals surface area (Å²) in [6, 6.07) is 7.47. The van der Waals surface area contributed by atoms with Crippen LogP contribution in [0, 0.1) is 5.82 Å². The topological polar surface area (TPSA) is 22.1 Å². The molecule has 0 fully saturated rings. The number of hydrogen-bond acceptors (Lipinski definition) is 2. The molecule has 0 aliphatic heterocycles. The summed E-state index contributed by atoms with van der Waals surface area (Å²) in [4.78, 5) is 4.12. The Labute approximate surface area is 122 Å². The molecule has 0 atom stereocenters.